The molecule has 1 heterocycles. The fraction of sp³-hybridized carbons (Fsp3) is 0.400. The lowest BCUT2D eigenvalue weighted by Crippen LogP contribution is -2.07. The summed E-state index contributed by atoms with van der Waals surface area (Å²) in [7, 11) is 1.95. The van der Waals surface area contributed by atoms with Crippen molar-refractivity contribution in [2.75, 3.05) is 6.61 Å². The second kappa shape index (κ2) is 5.05. The molecule has 0 saturated carbocycles. The maximum absolute atomic E-state index is 6.03. The molecule has 19 heavy (non-hydrogen) atoms. The van der Waals surface area contributed by atoms with Gasteiger partial charge in [0.2, 0.25) is 0 Å². The van der Waals surface area contributed by atoms with Crippen LogP contribution in [0.2, 0.25) is 0 Å². The summed E-state index contributed by atoms with van der Waals surface area (Å²) in [6, 6.07) is 8.48. The number of rotatable bonds is 4. The third-order valence-corrected chi connectivity index (χ3v) is 3.79. The average molecular weight is 257 g/mol. The molecule has 0 spiro atoms. The lowest BCUT2D eigenvalue weighted by Gasteiger charge is -2.09. The minimum absolute atomic E-state index is 0.207. The maximum Gasteiger partial charge on any atom is 0.119 e. The van der Waals surface area contributed by atoms with Crippen LogP contribution < -0.4 is 10.5 Å². The van der Waals surface area contributed by atoms with Crippen molar-refractivity contribution in [2.45, 2.75) is 25.3 Å². The highest BCUT2D eigenvalue weighted by Crippen LogP contribution is 2.31. The summed E-state index contributed by atoms with van der Waals surface area (Å²) in [5, 5.41) is 4.15. The number of aryl methyl sites for hydroxylation is 2. The van der Waals surface area contributed by atoms with Crippen LogP contribution in [-0.4, -0.2) is 16.4 Å². The molecular formula is C15H19N3O. The van der Waals surface area contributed by atoms with Gasteiger partial charge in [0.25, 0.3) is 0 Å². The van der Waals surface area contributed by atoms with Crippen molar-refractivity contribution < 1.29 is 4.74 Å². The van der Waals surface area contributed by atoms with Gasteiger partial charge in [-0.05, 0) is 42.2 Å². The number of ether oxygens (including phenoxy) is 1. The van der Waals surface area contributed by atoms with E-state index in [1.807, 2.05) is 30.1 Å². The Morgan fingerprint density at radius 3 is 3.11 bits per heavy atom. The highest BCUT2D eigenvalue weighted by Gasteiger charge is 2.18. The van der Waals surface area contributed by atoms with Crippen molar-refractivity contribution >= 4 is 0 Å². The molecule has 1 aromatic heterocycles. The van der Waals surface area contributed by atoms with Crippen molar-refractivity contribution in [3.63, 3.8) is 0 Å². The Labute approximate surface area is 113 Å². The first-order valence-corrected chi connectivity index (χ1v) is 6.72. The van der Waals surface area contributed by atoms with Crippen LogP contribution in [0.1, 0.15) is 29.3 Å². The van der Waals surface area contributed by atoms with E-state index in [2.05, 4.69) is 17.2 Å². The van der Waals surface area contributed by atoms with Crippen molar-refractivity contribution in [1.29, 1.82) is 0 Å². The lowest BCUT2D eigenvalue weighted by molar-refractivity contribution is 0.318. The number of benzene rings is 1. The molecule has 100 valence electrons. The minimum atomic E-state index is 0.207. The highest BCUT2D eigenvalue weighted by molar-refractivity contribution is 5.40. The molecule has 4 nitrogen and oxygen atoms in total. The summed E-state index contributed by atoms with van der Waals surface area (Å²) >= 11 is 0. The van der Waals surface area contributed by atoms with Gasteiger partial charge in [-0.15, -0.1) is 0 Å². The van der Waals surface area contributed by atoms with Crippen LogP contribution in [0.3, 0.4) is 0 Å². The van der Waals surface area contributed by atoms with E-state index in [4.69, 9.17) is 10.5 Å². The fourth-order valence-corrected chi connectivity index (χ4v) is 2.64. The van der Waals surface area contributed by atoms with Gasteiger partial charge in [-0.1, -0.05) is 6.07 Å². The molecule has 0 amide bonds. The number of nitrogens with zero attached hydrogens (tertiary/aromatic N) is 2. The molecule has 2 aromatic rings. The van der Waals surface area contributed by atoms with Crippen LogP contribution in [0.5, 0.6) is 5.75 Å². The fourth-order valence-electron chi connectivity index (χ4n) is 2.64. The first kappa shape index (κ1) is 12.2. The number of aromatic nitrogens is 2. The smallest absolute Gasteiger partial charge is 0.119 e. The van der Waals surface area contributed by atoms with Gasteiger partial charge in [-0.3, -0.25) is 4.68 Å². The molecule has 0 radical (unpaired) electrons. The molecule has 0 saturated heterocycles. The van der Waals surface area contributed by atoms with Gasteiger partial charge in [0.05, 0.1) is 6.61 Å². The Hall–Kier alpha value is -1.81. The summed E-state index contributed by atoms with van der Waals surface area (Å²) in [4.78, 5) is 0. The van der Waals surface area contributed by atoms with Gasteiger partial charge >= 0.3 is 0 Å². The van der Waals surface area contributed by atoms with Crippen molar-refractivity contribution in [3.8, 4) is 5.75 Å². The quantitative estimate of drug-likeness (QED) is 0.911. The normalized spacial score (nSPS) is 17.5. The van der Waals surface area contributed by atoms with Crippen molar-refractivity contribution in [1.82, 2.24) is 9.78 Å². The Balaban J connectivity index is 1.60. The molecule has 2 N–H and O–H groups in total. The van der Waals surface area contributed by atoms with Gasteiger partial charge in [0.1, 0.15) is 5.75 Å². The van der Waals surface area contributed by atoms with Crippen LogP contribution in [-0.2, 0) is 19.9 Å². The number of hydrogen-bond acceptors (Lipinski definition) is 3. The third-order valence-electron chi connectivity index (χ3n) is 3.79. The molecule has 0 unspecified atom stereocenters. The summed E-state index contributed by atoms with van der Waals surface area (Å²) in [5.74, 6) is 0.940. The van der Waals surface area contributed by atoms with Crippen LogP contribution >= 0.6 is 0 Å². The van der Waals surface area contributed by atoms with E-state index < -0.39 is 0 Å². The zero-order chi connectivity index (χ0) is 13.2. The number of fused-ring (bicyclic) bond motifs is 1. The van der Waals surface area contributed by atoms with Gasteiger partial charge < -0.3 is 10.5 Å². The zero-order valence-electron chi connectivity index (χ0n) is 11.2. The Bertz CT molecular complexity index is 577. The molecule has 1 aliphatic rings. The zero-order valence-corrected chi connectivity index (χ0v) is 11.2. The molecular weight excluding hydrogens is 238 g/mol. The number of hydrogen-bond donors (Lipinski definition) is 1. The molecule has 3 rings (SSSR count). The third kappa shape index (κ3) is 2.49. The average Bonchev–Trinajstić information content (AvgIpc) is 2.97. The Morgan fingerprint density at radius 1 is 1.42 bits per heavy atom. The molecule has 0 bridgehead atoms. The van der Waals surface area contributed by atoms with Crippen LogP contribution in [0.15, 0.2) is 30.5 Å². The predicted molar refractivity (Wildman–Crippen MR) is 74.1 cm³/mol. The monoisotopic (exact) mass is 257 g/mol. The standard InChI is InChI=1S/C15H19N3O/c1-18-12(6-8-17-18)7-9-19-13-3-4-14-11(10-13)2-5-15(14)16/h3-4,6,8,10,15H,2,5,7,9,16H2,1H3/t15-/m0/s1. The summed E-state index contributed by atoms with van der Waals surface area (Å²) in [6.45, 7) is 0.671. The Kier molecular flexibility index (Phi) is 3.25. The molecule has 0 fully saturated rings. The topological polar surface area (TPSA) is 53.1 Å². The van der Waals surface area contributed by atoms with Gasteiger partial charge in [-0.25, -0.2) is 0 Å². The van der Waals surface area contributed by atoms with E-state index >= 15 is 0 Å². The van der Waals surface area contributed by atoms with Crippen LogP contribution in [0.25, 0.3) is 0 Å². The summed E-state index contributed by atoms with van der Waals surface area (Å²) in [6.07, 6.45) is 4.79. The van der Waals surface area contributed by atoms with E-state index in [9.17, 15) is 0 Å². The van der Waals surface area contributed by atoms with E-state index in [-0.39, 0.29) is 6.04 Å². The van der Waals surface area contributed by atoms with E-state index in [0.29, 0.717) is 6.61 Å². The van der Waals surface area contributed by atoms with Gasteiger partial charge in [0, 0.05) is 31.4 Å². The van der Waals surface area contributed by atoms with Crippen molar-refractivity contribution in [3.05, 3.63) is 47.3 Å². The van der Waals surface area contributed by atoms with Gasteiger partial charge in [0.15, 0.2) is 0 Å². The minimum Gasteiger partial charge on any atom is -0.493 e. The van der Waals surface area contributed by atoms with Gasteiger partial charge in [-0.2, -0.15) is 5.10 Å². The predicted octanol–water partition coefficient (Wildman–Crippen LogP) is 1.99. The van der Waals surface area contributed by atoms with E-state index in [1.54, 1.807) is 0 Å². The van der Waals surface area contributed by atoms with Crippen LogP contribution in [0.4, 0.5) is 0 Å². The lowest BCUT2D eigenvalue weighted by atomic mass is 10.1. The largest absolute Gasteiger partial charge is 0.493 e. The Morgan fingerprint density at radius 2 is 2.32 bits per heavy atom. The molecule has 1 aliphatic carbocycles. The second-order valence-electron chi connectivity index (χ2n) is 5.05. The molecule has 1 atom stereocenters. The second-order valence-corrected chi connectivity index (χ2v) is 5.05. The molecule has 4 heteroatoms. The van der Waals surface area contributed by atoms with E-state index in [0.717, 1.165) is 25.0 Å². The summed E-state index contributed by atoms with van der Waals surface area (Å²) in [5.41, 5.74) is 9.83. The highest BCUT2D eigenvalue weighted by atomic mass is 16.5. The molecule has 1 aromatic carbocycles. The summed E-state index contributed by atoms with van der Waals surface area (Å²) < 4.78 is 7.69. The SMILES string of the molecule is Cn1nccc1CCOc1ccc2c(c1)CC[C@@H]2N. The van der Waals surface area contributed by atoms with Crippen molar-refractivity contribution in [2.24, 2.45) is 12.8 Å². The van der Waals surface area contributed by atoms with Crippen LogP contribution in [0, 0.1) is 0 Å². The molecule has 0 aliphatic heterocycles. The first-order valence-electron chi connectivity index (χ1n) is 6.72. The first-order chi connectivity index (χ1) is 9.24. The van der Waals surface area contributed by atoms with E-state index in [1.165, 1.54) is 16.8 Å². The maximum atomic E-state index is 6.03. The number of nitrogens with two attached hydrogens (primary N) is 1.